The Kier molecular flexibility index (Phi) is 4.80. The maximum Gasteiger partial charge on any atom is 0.259 e. The number of amides is 1. The Morgan fingerprint density at radius 3 is 2.16 bits per heavy atom. The maximum absolute atomic E-state index is 12.7. The number of para-hydroxylation sites is 1. The van der Waals surface area contributed by atoms with Crippen molar-refractivity contribution in [2.75, 3.05) is 11.9 Å². The number of aromatic nitrogens is 1. The zero-order chi connectivity index (χ0) is 17.8. The van der Waals surface area contributed by atoms with Crippen molar-refractivity contribution in [2.24, 2.45) is 0 Å². The summed E-state index contributed by atoms with van der Waals surface area (Å²) in [5.41, 5.74) is 3.04. The van der Waals surface area contributed by atoms with Gasteiger partial charge in [-0.25, -0.2) is 0 Å². The summed E-state index contributed by atoms with van der Waals surface area (Å²) in [4.78, 5) is 18.7. The van der Waals surface area contributed by atoms with Crippen molar-refractivity contribution in [3.05, 3.63) is 83.7 Å². The van der Waals surface area contributed by atoms with E-state index in [0.717, 1.165) is 28.6 Å². The summed E-state index contributed by atoms with van der Waals surface area (Å²) in [7, 11) is 1.76. The Labute approximate surface area is 147 Å². The van der Waals surface area contributed by atoms with Gasteiger partial charge >= 0.3 is 0 Å². The summed E-state index contributed by atoms with van der Waals surface area (Å²) in [5.74, 6) is 1.42. The van der Waals surface area contributed by atoms with E-state index in [1.807, 2.05) is 80.6 Å². The SMILES string of the molecule is Cc1ccc(C(=O)N(C)c2ccc(Oc3ccccc3)cc2)c(C)n1. The first-order valence-corrected chi connectivity index (χ1v) is 8.10. The minimum Gasteiger partial charge on any atom is -0.457 e. The van der Waals surface area contributed by atoms with Gasteiger partial charge in [-0.2, -0.15) is 0 Å². The average molecular weight is 332 g/mol. The molecule has 0 aliphatic heterocycles. The predicted octanol–water partition coefficient (Wildman–Crippen LogP) is 4.77. The van der Waals surface area contributed by atoms with E-state index >= 15 is 0 Å². The Morgan fingerprint density at radius 2 is 1.52 bits per heavy atom. The van der Waals surface area contributed by atoms with Crippen molar-refractivity contribution in [1.29, 1.82) is 0 Å². The van der Waals surface area contributed by atoms with Gasteiger partial charge in [0.05, 0.1) is 11.3 Å². The second-order valence-electron chi connectivity index (χ2n) is 5.86. The highest BCUT2D eigenvalue weighted by Gasteiger charge is 2.16. The van der Waals surface area contributed by atoms with Crippen LogP contribution in [0.2, 0.25) is 0 Å². The summed E-state index contributed by atoms with van der Waals surface area (Å²) in [6.07, 6.45) is 0. The molecule has 0 N–H and O–H groups in total. The third kappa shape index (κ3) is 3.86. The molecule has 1 aromatic heterocycles. The molecule has 126 valence electrons. The lowest BCUT2D eigenvalue weighted by molar-refractivity contribution is 0.0992. The number of rotatable bonds is 4. The molecule has 0 saturated carbocycles. The summed E-state index contributed by atoms with van der Waals surface area (Å²) >= 11 is 0. The smallest absolute Gasteiger partial charge is 0.259 e. The lowest BCUT2D eigenvalue weighted by Crippen LogP contribution is -2.27. The summed E-state index contributed by atoms with van der Waals surface area (Å²) in [5, 5.41) is 0. The number of aryl methyl sites for hydroxylation is 2. The van der Waals surface area contributed by atoms with Crippen LogP contribution in [0.1, 0.15) is 21.7 Å². The van der Waals surface area contributed by atoms with Gasteiger partial charge in [-0.1, -0.05) is 18.2 Å². The number of anilines is 1. The fourth-order valence-corrected chi connectivity index (χ4v) is 2.57. The highest BCUT2D eigenvalue weighted by atomic mass is 16.5. The van der Waals surface area contributed by atoms with Crippen LogP contribution >= 0.6 is 0 Å². The monoisotopic (exact) mass is 332 g/mol. The normalized spacial score (nSPS) is 10.4. The lowest BCUT2D eigenvalue weighted by Gasteiger charge is -2.19. The minimum atomic E-state index is -0.0817. The minimum absolute atomic E-state index is 0.0817. The van der Waals surface area contributed by atoms with Crippen molar-refractivity contribution in [3.63, 3.8) is 0 Å². The van der Waals surface area contributed by atoms with Crippen LogP contribution in [0, 0.1) is 13.8 Å². The van der Waals surface area contributed by atoms with Crippen LogP contribution in [-0.2, 0) is 0 Å². The summed E-state index contributed by atoms with van der Waals surface area (Å²) in [6.45, 7) is 3.77. The fraction of sp³-hybridized carbons (Fsp3) is 0.143. The molecule has 1 amide bonds. The van der Waals surface area contributed by atoms with Crippen molar-refractivity contribution in [2.45, 2.75) is 13.8 Å². The Balaban J connectivity index is 1.76. The molecule has 3 rings (SSSR count). The number of nitrogens with zero attached hydrogens (tertiary/aromatic N) is 2. The third-order valence-electron chi connectivity index (χ3n) is 3.96. The highest BCUT2D eigenvalue weighted by Crippen LogP contribution is 2.24. The van der Waals surface area contributed by atoms with Gasteiger partial charge in [0.2, 0.25) is 0 Å². The van der Waals surface area contributed by atoms with Crippen molar-refractivity contribution in [1.82, 2.24) is 4.98 Å². The molecule has 0 radical (unpaired) electrons. The number of ether oxygens (including phenoxy) is 1. The zero-order valence-electron chi connectivity index (χ0n) is 14.6. The molecule has 0 aliphatic carbocycles. The first-order valence-electron chi connectivity index (χ1n) is 8.10. The molecule has 0 aliphatic rings. The van der Waals surface area contributed by atoms with Crippen molar-refractivity contribution >= 4 is 11.6 Å². The standard InChI is InChI=1S/C21H20N2O2/c1-15-9-14-20(16(2)22-15)21(24)23(3)17-10-12-19(13-11-17)25-18-7-5-4-6-8-18/h4-14H,1-3H3. The third-order valence-corrected chi connectivity index (χ3v) is 3.96. The molecule has 4 heteroatoms. The molecule has 0 fully saturated rings. The van der Waals surface area contributed by atoms with Crippen molar-refractivity contribution in [3.8, 4) is 11.5 Å². The van der Waals surface area contributed by atoms with Gasteiger partial charge < -0.3 is 9.64 Å². The van der Waals surface area contributed by atoms with E-state index < -0.39 is 0 Å². The molecular weight excluding hydrogens is 312 g/mol. The molecule has 1 heterocycles. The van der Waals surface area contributed by atoms with Gasteiger partial charge in [-0.3, -0.25) is 9.78 Å². The van der Waals surface area contributed by atoms with Crippen LogP contribution in [0.15, 0.2) is 66.7 Å². The van der Waals surface area contributed by atoms with Gasteiger partial charge in [0.25, 0.3) is 5.91 Å². The van der Waals surface area contributed by atoms with Crippen LogP contribution < -0.4 is 9.64 Å². The molecule has 0 atom stereocenters. The zero-order valence-corrected chi connectivity index (χ0v) is 14.6. The second kappa shape index (κ2) is 7.18. The molecule has 0 unspecified atom stereocenters. The molecule has 4 nitrogen and oxygen atoms in total. The van der Waals surface area contributed by atoms with Gasteiger partial charge in [-0.15, -0.1) is 0 Å². The number of hydrogen-bond donors (Lipinski definition) is 0. The first kappa shape index (κ1) is 16.7. The quantitative estimate of drug-likeness (QED) is 0.691. The summed E-state index contributed by atoms with van der Waals surface area (Å²) in [6, 6.07) is 20.7. The molecule has 2 aromatic carbocycles. The van der Waals surface area contributed by atoms with Crippen LogP contribution in [0.5, 0.6) is 11.5 Å². The lowest BCUT2D eigenvalue weighted by atomic mass is 10.1. The first-order chi connectivity index (χ1) is 12.0. The average Bonchev–Trinajstić information content (AvgIpc) is 2.62. The van der Waals surface area contributed by atoms with E-state index in [4.69, 9.17) is 4.74 Å². The van der Waals surface area contributed by atoms with E-state index in [9.17, 15) is 4.79 Å². The fourth-order valence-electron chi connectivity index (χ4n) is 2.57. The van der Waals surface area contributed by atoms with Gasteiger partial charge in [0.15, 0.2) is 0 Å². The van der Waals surface area contributed by atoms with E-state index in [0.29, 0.717) is 5.56 Å². The van der Waals surface area contributed by atoms with Gasteiger partial charge in [0.1, 0.15) is 11.5 Å². The molecule has 0 bridgehead atoms. The number of hydrogen-bond acceptors (Lipinski definition) is 3. The topological polar surface area (TPSA) is 42.4 Å². The van der Waals surface area contributed by atoms with Crippen LogP contribution in [0.25, 0.3) is 0 Å². The number of pyridine rings is 1. The molecule has 0 saturated heterocycles. The van der Waals surface area contributed by atoms with E-state index in [1.54, 1.807) is 11.9 Å². The molecule has 3 aromatic rings. The highest BCUT2D eigenvalue weighted by molar-refractivity contribution is 6.06. The van der Waals surface area contributed by atoms with E-state index in [-0.39, 0.29) is 5.91 Å². The Hall–Kier alpha value is -3.14. The van der Waals surface area contributed by atoms with Crippen molar-refractivity contribution < 1.29 is 9.53 Å². The van der Waals surface area contributed by atoms with Gasteiger partial charge in [0, 0.05) is 18.4 Å². The second-order valence-corrected chi connectivity index (χ2v) is 5.86. The van der Waals surface area contributed by atoms with Gasteiger partial charge in [-0.05, 0) is 62.4 Å². The predicted molar refractivity (Wildman–Crippen MR) is 99.4 cm³/mol. The molecule has 0 spiro atoms. The molecular formula is C21H20N2O2. The number of benzene rings is 2. The van der Waals surface area contributed by atoms with E-state index in [1.165, 1.54) is 0 Å². The Bertz CT molecular complexity index is 874. The van der Waals surface area contributed by atoms with Crippen LogP contribution in [0.4, 0.5) is 5.69 Å². The largest absolute Gasteiger partial charge is 0.457 e. The maximum atomic E-state index is 12.7. The molecule has 25 heavy (non-hydrogen) atoms. The summed E-state index contributed by atoms with van der Waals surface area (Å²) < 4.78 is 5.78. The van der Waals surface area contributed by atoms with Crippen LogP contribution in [0.3, 0.4) is 0 Å². The number of carbonyl (C=O) groups excluding carboxylic acids is 1. The van der Waals surface area contributed by atoms with E-state index in [2.05, 4.69) is 4.98 Å². The Morgan fingerprint density at radius 1 is 0.880 bits per heavy atom. The number of carbonyl (C=O) groups is 1. The van der Waals surface area contributed by atoms with Crippen LogP contribution in [-0.4, -0.2) is 17.9 Å².